The Morgan fingerprint density at radius 2 is 2.00 bits per heavy atom. The van der Waals surface area contributed by atoms with Gasteiger partial charge in [-0.1, -0.05) is 12.1 Å². The minimum Gasteiger partial charge on any atom is -0.356 e. The highest BCUT2D eigenvalue weighted by atomic mass is 79.9. The number of benzene rings is 1. The van der Waals surface area contributed by atoms with Gasteiger partial charge in [-0.15, -0.1) is 0 Å². The molecular weight excluding hydrogens is 332 g/mol. The number of aryl methyl sites for hydroxylation is 1. The molecule has 21 heavy (non-hydrogen) atoms. The van der Waals surface area contributed by atoms with Gasteiger partial charge in [0.25, 0.3) is 5.91 Å². The van der Waals surface area contributed by atoms with Crippen molar-refractivity contribution in [1.82, 2.24) is 10.2 Å². The predicted octanol–water partition coefficient (Wildman–Crippen LogP) is 2.75. The molecule has 0 unspecified atom stereocenters. The van der Waals surface area contributed by atoms with E-state index in [0.717, 1.165) is 41.5 Å². The Kier molecular flexibility index (Phi) is 5.39. The summed E-state index contributed by atoms with van der Waals surface area (Å²) >= 11 is 3.51. The van der Waals surface area contributed by atoms with E-state index in [4.69, 9.17) is 0 Å². The predicted molar refractivity (Wildman–Crippen MR) is 86.2 cm³/mol. The van der Waals surface area contributed by atoms with Crippen LogP contribution in [-0.2, 0) is 4.79 Å². The number of halogens is 1. The molecule has 1 N–H and O–H groups in total. The zero-order chi connectivity index (χ0) is 15.4. The molecule has 0 saturated carbocycles. The van der Waals surface area contributed by atoms with E-state index in [1.54, 1.807) is 0 Å². The summed E-state index contributed by atoms with van der Waals surface area (Å²) in [7, 11) is 0. The van der Waals surface area contributed by atoms with Crippen molar-refractivity contribution in [2.45, 2.75) is 26.7 Å². The van der Waals surface area contributed by atoms with E-state index in [1.165, 1.54) is 6.92 Å². The molecule has 0 aliphatic carbocycles. The summed E-state index contributed by atoms with van der Waals surface area (Å²) in [4.78, 5) is 25.4. The lowest BCUT2D eigenvalue weighted by Gasteiger charge is -2.32. The number of carbonyl (C=O) groups is 2. The fourth-order valence-corrected chi connectivity index (χ4v) is 3.05. The van der Waals surface area contributed by atoms with Crippen LogP contribution in [-0.4, -0.2) is 36.3 Å². The van der Waals surface area contributed by atoms with Crippen LogP contribution in [0.4, 0.5) is 0 Å². The number of amides is 2. The highest BCUT2D eigenvalue weighted by Gasteiger charge is 2.25. The second-order valence-corrected chi connectivity index (χ2v) is 6.40. The monoisotopic (exact) mass is 352 g/mol. The Labute approximate surface area is 134 Å². The number of nitrogens with one attached hydrogen (secondary N) is 1. The van der Waals surface area contributed by atoms with Crippen molar-refractivity contribution in [2.75, 3.05) is 19.6 Å². The third kappa shape index (κ3) is 4.06. The van der Waals surface area contributed by atoms with E-state index >= 15 is 0 Å². The van der Waals surface area contributed by atoms with Crippen LogP contribution in [0.3, 0.4) is 0 Å². The van der Waals surface area contributed by atoms with Gasteiger partial charge in [0, 0.05) is 31.0 Å². The van der Waals surface area contributed by atoms with Crippen LogP contribution in [0.5, 0.6) is 0 Å². The molecule has 2 rings (SSSR count). The fraction of sp³-hybridized carbons (Fsp3) is 0.500. The van der Waals surface area contributed by atoms with Crippen LogP contribution >= 0.6 is 15.9 Å². The van der Waals surface area contributed by atoms with Gasteiger partial charge in [-0.3, -0.25) is 9.59 Å². The average Bonchev–Trinajstić information content (AvgIpc) is 2.48. The molecule has 0 spiro atoms. The van der Waals surface area contributed by atoms with Gasteiger partial charge < -0.3 is 10.2 Å². The quantitative estimate of drug-likeness (QED) is 0.909. The molecule has 0 radical (unpaired) electrons. The first kappa shape index (κ1) is 16.0. The summed E-state index contributed by atoms with van der Waals surface area (Å²) in [5, 5.41) is 2.86. The first-order chi connectivity index (χ1) is 9.99. The van der Waals surface area contributed by atoms with Crippen LogP contribution < -0.4 is 5.32 Å². The molecule has 1 saturated heterocycles. The van der Waals surface area contributed by atoms with Gasteiger partial charge in [-0.25, -0.2) is 0 Å². The highest BCUT2D eigenvalue weighted by Crippen LogP contribution is 2.25. The first-order valence-electron chi connectivity index (χ1n) is 7.28. The standard InChI is InChI=1S/C16H21BrN2O2/c1-11-4-3-5-14(15(11)17)16(21)19-8-6-13(7-9-19)10-18-12(2)20/h3-5,13H,6-10H2,1-2H3,(H,18,20). The van der Waals surface area contributed by atoms with Crippen LogP contribution in [0, 0.1) is 12.8 Å². The summed E-state index contributed by atoms with van der Waals surface area (Å²) in [6, 6.07) is 5.76. The van der Waals surface area contributed by atoms with Crippen molar-refractivity contribution >= 4 is 27.7 Å². The molecule has 0 aromatic heterocycles. The lowest BCUT2D eigenvalue weighted by molar-refractivity contribution is -0.119. The number of carbonyl (C=O) groups excluding carboxylic acids is 2. The maximum absolute atomic E-state index is 12.6. The summed E-state index contributed by atoms with van der Waals surface area (Å²) in [5.41, 5.74) is 1.80. The molecule has 0 atom stereocenters. The minimum atomic E-state index is 0.0113. The normalized spacial score (nSPS) is 15.9. The van der Waals surface area contributed by atoms with Gasteiger partial charge in [0.2, 0.25) is 5.91 Å². The SMILES string of the molecule is CC(=O)NCC1CCN(C(=O)c2cccc(C)c2Br)CC1. The number of rotatable bonds is 3. The molecule has 2 amide bonds. The van der Waals surface area contributed by atoms with Gasteiger partial charge in [0.1, 0.15) is 0 Å². The second-order valence-electron chi connectivity index (χ2n) is 5.61. The first-order valence-corrected chi connectivity index (χ1v) is 8.07. The number of hydrogen-bond acceptors (Lipinski definition) is 2. The summed E-state index contributed by atoms with van der Waals surface area (Å²) < 4.78 is 0.885. The Hall–Kier alpha value is -1.36. The number of likely N-dealkylation sites (tertiary alicyclic amines) is 1. The largest absolute Gasteiger partial charge is 0.356 e. The zero-order valence-electron chi connectivity index (χ0n) is 12.5. The third-order valence-electron chi connectivity index (χ3n) is 3.96. The lowest BCUT2D eigenvalue weighted by Crippen LogP contribution is -2.41. The van der Waals surface area contributed by atoms with Crippen molar-refractivity contribution in [3.63, 3.8) is 0 Å². The second kappa shape index (κ2) is 7.07. The van der Waals surface area contributed by atoms with E-state index in [2.05, 4.69) is 21.2 Å². The Morgan fingerprint density at radius 3 is 2.62 bits per heavy atom. The molecule has 1 heterocycles. The van der Waals surface area contributed by atoms with Gasteiger partial charge in [-0.2, -0.15) is 0 Å². The number of hydrogen-bond donors (Lipinski definition) is 1. The van der Waals surface area contributed by atoms with Crippen molar-refractivity contribution in [2.24, 2.45) is 5.92 Å². The van der Waals surface area contributed by atoms with E-state index in [1.807, 2.05) is 30.0 Å². The van der Waals surface area contributed by atoms with Crippen molar-refractivity contribution < 1.29 is 9.59 Å². The summed E-state index contributed by atoms with van der Waals surface area (Å²) in [6.45, 7) is 5.74. The summed E-state index contributed by atoms with van der Waals surface area (Å²) in [5.74, 6) is 0.569. The molecule has 1 aromatic carbocycles. The molecule has 0 bridgehead atoms. The topological polar surface area (TPSA) is 49.4 Å². The Bertz CT molecular complexity index is 537. The maximum atomic E-state index is 12.6. The zero-order valence-corrected chi connectivity index (χ0v) is 14.1. The van der Waals surface area contributed by atoms with E-state index < -0.39 is 0 Å². The summed E-state index contributed by atoms with van der Waals surface area (Å²) in [6.07, 6.45) is 1.88. The van der Waals surface area contributed by atoms with Gasteiger partial charge in [0.05, 0.1) is 5.56 Å². The number of nitrogens with zero attached hydrogens (tertiary/aromatic N) is 1. The average molecular weight is 353 g/mol. The van der Waals surface area contributed by atoms with E-state index in [0.29, 0.717) is 12.5 Å². The molecule has 1 aliphatic heterocycles. The minimum absolute atomic E-state index is 0.0113. The van der Waals surface area contributed by atoms with Crippen molar-refractivity contribution in [3.05, 3.63) is 33.8 Å². The molecule has 4 nitrogen and oxygen atoms in total. The smallest absolute Gasteiger partial charge is 0.255 e. The Morgan fingerprint density at radius 1 is 1.33 bits per heavy atom. The molecule has 114 valence electrons. The van der Waals surface area contributed by atoms with Crippen LogP contribution in [0.25, 0.3) is 0 Å². The molecule has 1 aromatic rings. The van der Waals surface area contributed by atoms with Gasteiger partial charge in [0.15, 0.2) is 0 Å². The highest BCUT2D eigenvalue weighted by molar-refractivity contribution is 9.10. The van der Waals surface area contributed by atoms with Crippen molar-refractivity contribution in [3.8, 4) is 0 Å². The van der Waals surface area contributed by atoms with Crippen LogP contribution in [0.15, 0.2) is 22.7 Å². The maximum Gasteiger partial charge on any atom is 0.255 e. The van der Waals surface area contributed by atoms with Gasteiger partial charge >= 0.3 is 0 Å². The number of piperidine rings is 1. The lowest BCUT2D eigenvalue weighted by atomic mass is 9.96. The molecule has 5 heteroatoms. The van der Waals surface area contributed by atoms with Crippen LogP contribution in [0.1, 0.15) is 35.7 Å². The van der Waals surface area contributed by atoms with E-state index in [-0.39, 0.29) is 11.8 Å². The molecular formula is C16H21BrN2O2. The van der Waals surface area contributed by atoms with E-state index in [9.17, 15) is 9.59 Å². The van der Waals surface area contributed by atoms with Crippen molar-refractivity contribution in [1.29, 1.82) is 0 Å². The Balaban J connectivity index is 1.94. The third-order valence-corrected chi connectivity index (χ3v) is 5.02. The van der Waals surface area contributed by atoms with Crippen LogP contribution in [0.2, 0.25) is 0 Å². The van der Waals surface area contributed by atoms with Gasteiger partial charge in [-0.05, 0) is 53.2 Å². The fourth-order valence-electron chi connectivity index (χ4n) is 2.61. The molecule has 1 fully saturated rings. The molecule has 1 aliphatic rings.